The summed E-state index contributed by atoms with van der Waals surface area (Å²) in [4.78, 5) is 24.0. The van der Waals surface area contributed by atoms with Gasteiger partial charge in [-0.15, -0.1) is 0 Å². The fourth-order valence-electron chi connectivity index (χ4n) is 2.93. The van der Waals surface area contributed by atoms with Gasteiger partial charge in [0.25, 0.3) is 11.8 Å². The molecule has 2 heterocycles. The number of furan rings is 1. The molecule has 1 aromatic carbocycles. The van der Waals surface area contributed by atoms with Crippen molar-refractivity contribution < 1.29 is 23.5 Å². The van der Waals surface area contributed by atoms with E-state index in [1.54, 1.807) is 24.3 Å². The second-order valence-corrected chi connectivity index (χ2v) is 6.74. The van der Waals surface area contributed by atoms with E-state index in [0.29, 0.717) is 29.1 Å². The highest BCUT2D eigenvalue weighted by molar-refractivity contribution is 5.93. The Balaban J connectivity index is 1.25. The van der Waals surface area contributed by atoms with Crippen molar-refractivity contribution in [3.05, 3.63) is 54.0 Å². The number of hydrazine groups is 1. The summed E-state index contributed by atoms with van der Waals surface area (Å²) in [6, 6.07) is 10.9. The molecule has 2 amide bonds. The maximum absolute atomic E-state index is 12.1. The van der Waals surface area contributed by atoms with E-state index >= 15 is 0 Å². The smallest absolute Gasteiger partial charge is 0.283 e. The zero-order valence-electron chi connectivity index (χ0n) is 14.8. The van der Waals surface area contributed by atoms with Crippen LogP contribution >= 0.6 is 0 Å². The molecule has 27 heavy (non-hydrogen) atoms. The summed E-state index contributed by atoms with van der Waals surface area (Å²) in [5, 5.41) is 0. The summed E-state index contributed by atoms with van der Waals surface area (Å²) in [5.41, 5.74) is 4.65. The summed E-state index contributed by atoms with van der Waals surface area (Å²) in [5.74, 6) is 2.82. The first-order chi connectivity index (χ1) is 13.1. The van der Waals surface area contributed by atoms with Crippen molar-refractivity contribution in [2.75, 3.05) is 6.61 Å². The topological polar surface area (TPSA) is 89.8 Å². The van der Waals surface area contributed by atoms with Crippen LogP contribution in [0.1, 0.15) is 30.8 Å². The van der Waals surface area contributed by atoms with Crippen LogP contribution in [0, 0.1) is 5.92 Å². The molecule has 1 fully saturated rings. The van der Waals surface area contributed by atoms with E-state index < -0.39 is 17.9 Å². The van der Waals surface area contributed by atoms with Gasteiger partial charge in [-0.3, -0.25) is 20.4 Å². The largest absolute Gasteiger partial charge is 0.485 e. The average molecular weight is 368 g/mol. The van der Waals surface area contributed by atoms with E-state index in [9.17, 15) is 9.59 Å². The first kappa shape index (κ1) is 17.2. The molecule has 7 heteroatoms. The summed E-state index contributed by atoms with van der Waals surface area (Å²) in [6.45, 7) is 2.25. The van der Waals surface area contributed by atoms with E-state index in [-0.39, 0.29) is 6.61 Å². The molecule has 140 valence electrons. The van der Waals surface area contributed by atoms with Gasteiger partial charge in [0.2, 0.25) is 6.10 Å². The van der Waals surface area contributed by atoms with Gasteiger partial charge in [-0.05, 0) is 42.7 Å². The zero-order valence-corrected chi connectivity index (χ0v) is 14.8. The molecule has 2 aromatic rings. The summed E-state index contributed by atoms with van der Waals surface area (Å²) in [6.07, 6.45) is 3.17. The normalized spacial score (nSPS) is 23.1. The van der Waals surface area contributed by atoms with E-state index in [1.807, 2.05) is 18.2 Å². The lowest BCUT2D eigenvalue weighted by Crippen LogP contribution is -2.50. The van der Waals surface area contributed by atoms with Crippen LogP contribution in [0.25, 0.3) is 6.08 Å². The lowest BCUT2D eigenvalue weighted by molar-refractivity contribution is -0.134. The van der Waals surface area contributed by atoms with Crippen molar-refractivity contribution in [3.8, 4) is 11.5 Å². The lowest BCUT2D eigenvalue weighted by atomic mass is 10.2. The number of hydrogen-bond acceptors (Lipinski definition) is 5. The van der Waals surface area contributed by atoms with Gasteiger partial charge in [0.05, 0.1) is 0 Å². The molecule has 0 radical (unpaired) electrons. The fourth-order valence-corrected chi connectivity index (χ4v) is 2.93. The predicted molar refractivity (Wildman–Crippen MR) is 96.9 cm³/mol. The van der Waals surface area contributed by atoms with Gasteiger partial charge in [-0.25, -0.2) is 0 Å². The van der Waals surface area contributed by atoms with Crippen LogP contribution in [0.15, 0.2) is 46.9 Å². The van der Waals surface area contributed by atoms with Gasteiger partial charge in [-0.1, -0.05) is 19.1 Å². The number of rotatable bonds is 4. The summed E-state index contributed by atoms with van der Waals surface area (Å²) < 4.78 is 16.7. The van der Waals surface area contributed by atoms with E-state index in [2.05, 4.69) is 17.8 Å². The minimum atomic E-state index is -0.836. The summed E-state index contributed by atoms with van der Waals surface area (Å²) in [7, 11) is 0. The Hall–Kier alpha value is -3.22. The Labute approximate surface area is 156 Å². The molecule has 1 aliphatic carbocycles. The van der Waals surface area contributed by atoms with Gasteiger partial charge >= 0.3 is 0 Å². The molecular weight excluding hydrogens is 348 g/mol. The van der Waals surface area contributed by atoms with Gasteiger partial charge < -0.3 is 13.9 Å². The molecule has 3 unspecified atom stereocenters. The Bertz CT molecular complexity index is 888. The number of para-hydroxylation sites is 2. The van der Waals surface area contributed by atoms with E-state index in [4.69, 9.17) is 13.9 Å². The van der Waals surface area contributed by atoms with Crippen LogP contribution in [-0.4, -0.2) is 24.5 Å². The average Bonchev–Trinajstić information content (AvgIpc) is 3.23. The van der Waals surface area contributed by atoms with Gasteiger partial charge in [0, 0.05) is 12.0 Å². The first-order valence-electron chi connectivity index (χ1n) is 8.86. The van der Waals surface area contributed by atoms with Crippen molar-refractivity contribution in [2.45, 2.75) is 25.4 Å². The zero-order chi connectivity index (χ0) is 18.8. The van der Waals surface area contributed by atoms with Crippen LogP contribution in [0.4, 0.5) is 0 Å². The summed E-state index contributed by atoms with van der Waals surface area (Å²) >= 11 is 0. The molecule has 2 N–H and O–H groups in total. The molecule has 0 saturated heterocycles. The third-order valence-corrected chi connectivity index (χ3v) is 4.63. The van der Waals surface area contributed by atoms with Crippen LogP contribution in [0.2, 0.25) is 0 Å². The van der Waals surface area contributed by atoms with Crippen LogP contribution in [0.5, 0.6) is 11.5 Å². The van der Waals surface area contributed by atoms with Gasteiger partial charge in [0.1, 0.15) is 18.1 Å². The fraction of sp³-hybridized carbons (Fsp3) is 0.300. The van der Waals surface area contributed by atoms with Gasteiger partial charge in [-0.2, -0.15) is 0 Å². The third-order valence-electron chi connectivity index (χ3n) is 4.63. The minimum Gasteiger partial charge on any atom is -0.485 e. The Morgan fingerprint density at radius 1 is 1.11 bits per heavy atom. The molecule has 4 rings (SSSR count). The Morgan fingerprint density at radius 2 is 1.89 bits per heavy atom. The van der Waals surface area contributed by atoms with Crippen molar-refractivity contribution in [3.63, 3.8) is 0 Å². The number of fused-ring (bicyclic) bond motifs is 1. The van der Waals surface area contributed by atoms with E-state index in [1.165, 1.54) is 6.08 Å². The van der Waals surface area contributed by atoms with Crippen molar-refractivity contribution in [1.29, 1.82) is 0 Å². The molecule has 1 aliphatic heterocycles. The number of carbonyl (C=O) groups excluding carboxylic acids is 2. The number of benzene rings is 1. The standard InChI is InChI=1S/C20H20N2O5/c1-12-10-14(12)15-8-6-13(26-15)7-9-19(23)21-22-20(24)18-11-25-16-4-2-3-5-17(16)27-18/h2-9,12,14,18H,10-11H2,1H3,(H,21,23)(H,22,24)/b9-7+. The number of carbonyl (C=O) groups is 2. The van der Waals surface area contributed by atoms with Crippen LogP contribution in [-0.2, 0) is 9.59 Å². The second kappa shape index (κ2) is 7.19. The molecule has 7 nitrogen and oxygen atoms in total. The molecule has 1 saturated carbocycles. The number of hydrogen-bond donors (Lipinski definition) is 2. The second-order valence-electron chi connectivity index (χ2n) is 6.74. The quantitative estimate of drug-likeness (QED) is 0.639. The van der Waals surface area contributed by atoms with Crippen molar-refractivity contribution in [1.82, 2.24) is 10.9 Å². The number of nitrogens with one attached hydrogen (secondary N) is 2. The number of amides is 2. The Morgan fingerprint density at radius 3 is 2.67 bits per heavy atom. The monoisotopic (exact) mass is 368 g/mol. The first-order valence-corrected chi connectivity index (χ1v) is 8.86. The highest BCUT2D eigenvalue weighted by Crippen LogP contribution is 2.47. The molecule has 0 spiro atoms. The third kappa shape index (κ3) is 3.97. The molecule has 3 atom stereocenters. The molecule has 1 aromatic heterocycles. The van der Waals surface area contributed by atoms with Crippen molar-refractivity contribution in [2.24, 2.45) is 5.92 Å². The molecule has 0 bridgehead atoms. The molecular formula is C20H20N2O5. The highest BCUT2D eigenvalue weighted by atomic mass is 16.6. The SMILES string of the molecule is CC1CC1c1ccc(/C=C/C(=O)NNC(=O)C2COc3ccccc3O2)o1. The highest BCUT2D eigenvalue weighted by Gasteiger charge is 2.36. The predicted octanol–water partition coefficient (Wildman–Crippen LogP) is 2.40. The van der Waals surface area contributed by atoms with Crippen LogP contribution in [0.3, 0.4) is 0 Å². The Kier molecular flexibility index (Phi) is 4.58. The maximum Gasteiger partial charge on any atom is 0.283 e. The lowest BCUT2D eigenvalue weighted by Gasteiger charge is -2.25. The molecule has 2 aliphatic rings. The van der Waals surface area contributed by atoms with Crippen molar-refractivity contribution >= 4 is 17.9 Å². The minimum absolute atomic E-state index is 0.0727. The van der Waals surface area contributed by atoms with E-state index in [0.717, 1.165) is 12.2 Å². The maximum atomic E-state index is 12.1. The number of ether oxygens (including phenoxy) is 2. The van der Waals surface area contributed by atoms with Gasteiger partial charge in [0.15, 0.2) is 11.5 Å². The van der Waals surface area contributed by atoms with Crippen LogP contribution < -0.4 is 20.3 Å².